The molecule has 1 saturated heterocycles. The molecule has 3 aliphatic rings. The molecule has 3 fully saturated rings. The Bertz CT molecular complexity index is 469. The Balaban J connectivity index is 1.95. The highest BCUT2D eigenvalue weighted by atomic mass is 16.6. The maximum absolute atomic E-state index is 11.6. The van der Waals surface area contributed by atoms with Crippen molar-refractivity contribution in [1.29, 1.82) is 0 Å². The van der Waals surface area contributed by atoms with Crippen molar-refractivity contribution in [3.63, 3.8) is 0 Å². The molecule has 1 heterocycles. The van der Waals surface area contributed by atoms with Gasteiger partial charge in [0.25, 0.3) is 0 Å². The average Bonchev–Trinajstić information content (AvgIpc) is 2.60. The molecular formula is C15H20O4. The summed E-state index contributed by atoms with van der Waals surface area (Å²) in [5, 5.41) is 20.3. The highest BCUT2D eigenvalue weighted by molar-refractivity contribution is 5.90. The van der Waals surface area contributed by atoms with Crippen LogP contribution in [-0.4, -0.2) is 34.5 Å². The third kappa shape index (κ3) is 1.63. The topological polar surface area (TPSA) is 66.8 Å². The quantitative estimate of drug-likeness (QED) is 0.392. The zero-order chi connectivity index (χ0) is 13.9. The van der Waals surface area contributed by atoms with Crippen LogP contribution in [0.5, 0.6) is 0 Å². The minimum Gasteiger partial charge on any atom is -0.458 e. The van der Waals surface area contributed by atoms with Crippen LogP contribution in [0.1, 0.15) is 26.2 Å². The second-order valence-electron chi connectivity index (χ2n) is 6.45. The molecule has 6 atom stereocenters. The fourth-order valence-electron chi connectivity index (χ4n) is 4.17. The van der Waals surface area contributed by atoms with Gasteiger partial charge < -0.3 is 14.9 Å². The van der Waals surface area contributed by atoms with Crippen LogP contribution in [-0.2, 0) is 9.53 Å². The smallest absolute Gasteiger partial charge is 0.334 e. The molecule has 1 aliphatic heterocycles. The summed E-state index contributed by atoms with van der Waals surface area (Å²) in [6.07, 6.45) is -0.0604. The second kappa shape index (κ2) is 3.93. The summed E-state index contributed by atoms with van der Waals surface area (Å²) in [5.74, 6) is -0.180. The minimum atomic E-state index is -0.795. The van der Waals surface area contributed by atoms with Gasteiger partial charge in [-0.15, -0.1) is 0 Å². The van der Waals surface area contributed by atoms with Crippen molar-refractivity contribution in [1.82, 2.24) is 0 Å². The van der Waals surface area contributed by atoms with Crippen LogP contribution in [0.25, 0.3) is 0 Å². The first-order valence-corrected chi connectivity index (χ1v) is 6.78. The number of rotatable bonds is 0. The number of fused-ring (bicyclic) bond motifs is 2. The fourth-order valence-corrected chi connectivity index (χ4v) is 4.17. The molecule has 3 rings (SSSR count). The number of carbonyl (C=O) groups excluding carboxylic acids is 1. The summed E-state index contributed by atoms with van der Waals surface area (Å²) in [5.41, 5.74) is 1.03. The highest BCUT2D eigenvalue weighted by Crippen LogP contribution is 2.56. The molecule has 19 heavy (non-hydrogen) atoms. The zero-order valence-corrected chi connectivity index (χ0v) is 11.1. The predicted molar refractivity (Wildman–Crippen MR) is 69.1 cm³/mol. The van der Waals surface area contributed by atoms with E-state index in [1.165, 1.54) is 0 Å². The van der Waals surface area contributed by atoms with Gasteiger partial charge in [-0.25, -0.2) is 4.79 Å². The molecule has 4 heteroatoms. The molecule has 2 saturated carbocycles. The van der Waals surface area contributed by atoms with Gasteiger partial charge in [-0.3, -0.25) is 0 Å². The number of carbonyl (C=O) groups is 1. The van der Waals surface area contributed by atoms with Crippen molar-refractivity contribution < 1.29 is 19.7 Å². The number of hydrogen-bond acceptors (Lipinski definition) is 4. The molecular weight excluding hydrogens is 244 g/mol. The first-order valence-electron chi connectivity index (χ1n) is 6.78. The van der Waals surface area contributed by atoms with Crippen LogP contribution >= 0.6 is 0 Å². The summed E-state index contributed by atoms with van der Waals surface area (Å²) in [7, 11) is 0. The molecule has 4 nitrogen and oxygen atoms in total. The van der Waals surface area contributed by atoms with E-state index >= 15 is 0 Å². The van der Waals surface area contributed by atoms with Gasteiger partial charge in [-0.05, 0) is 25.2 Å². The normalized spacial score (nSPS) is 49.6. The van der Waals surface area contributed by atoms with E-state index in [4.69, 9.17) is 4.74 Å². The number of esters is 1. The average molecular weight is 264 g/mol. The first-order chi connectivity index (χ1) is 8.84. The van der Waals surface area contributed by atoms with E-state index in [0.717, 1.165) is 12.0 Å². The Morgan fingerprint density at radius 3 is 2.74 bits per heavy atom. The van der Waals surface area contributed by atoms with Crippen LogP contribution in [0.4, 0.5) is 0 Å². The van der Waals surface area contributed by atoms with E-state index < -0.39 is 17.6 Å². The molecule has 104 valence electrons. The number of aliphatic hydroxyl groups is 2. The minimum absolute atomic E-state index is 0.0322. The van der Waals surface area contributed by atoms with Crippen molar-refractivity contribution in [2.24, 2.45) is 17.3 Å². The molecule has 0 aromatic rings. The summed E-state index contributed by atoms with van der Waals surface area (Å²) in [4.78, 5) is 11.6. The molecule has 0 bridgehead atoms. The van der Waals surface area contributed by atoms with E-state index in [2.05, 4.69) is 13.2 Å². The molecule has 0 aromatic heterocycles. The van der Waals surface area contributed by atoms with Gasteiger partial charge in [0.1, 0.15) is 6.10 Å². The molecule has 0 spiro atoms. The summed E-state index contributed by atoms with van der Waals surface area (Å²) < 4.78 is 5.35. The van der Waals surface area contributed by atoms with E-state index in [1.807, 2.05) is 6.92 Å². The standard InChI is InChI=1S/C15H20O4/c1-7-4-11(16)13(17)15(3)6-12-9(5-10(7)15)8(2)14(18)19-12/h9-13,16-17H,1-2,4-6H2,3H3/t9-,10-,11+,12-,13-,15-/m1/s1. The van der Waals surface area contributed by atoms with Crippen molar-refractivity contribution in [3.8, 4) is 0 Å². The van der Waals surface area contributed by atoms with Crippen LogP contribution in [0.3, 0.4) is 0 Å². The van der Waals surface area contributed by atoms with Gasteiger partial charge in [0, 0.05) is 16.9 Å². The summed E-state index contributed by atoms with van der Waals surface area (Å²) in [6, 6.07) is 0. The Labute approximate surface area is 112 Å². The van der Waals surface area contributed by atoms with Crippen molar-refractivity contribution in [3.05, 3.63) is 24.3 Å². The van der Waals surface area contributed by atoms with E-state index in [1.54, 1.807) is 0 Å². The summed E-state index contributed by atoms with van der Waals surface area (Å²) >= 11 is 0. The SMILES string of the molecule is C=C1C(=O)O[C@@H]2C[C@]3(C)[C@H](C[C@H]12)C(=C)C[C@H](O)[C@H]3O. The Kier molecular flexibility index (Phi) is 2.67. The lowest BCUT2D eigenvalue weighted by molar-refractivity contribution is -0.154. The van der Waals surface area contributed by atoms with Gasteiger partial charge in [-0.2, -0.15) is 0 Å². The molecule has 2 aliphatic carbocycles. The molecule has 0 radical (unpaired) electrons. The van der Waals surface area contributed by atoms with E-state index in [-0.39, 0.29) is 23.9 Å². The third-order valence-electron chi connectivity index (χ3n) is 5.35. The number of aliphatic hydroxyl groups excluding tert-OH is 2. The Morgan fingerprint density at radius 2 is 2.05 bits per heavy atom. The second-order valence-corrected chi connectivity index (χ2v) is 6.45. The Morgan fingerprint density at radius 1 is 1.37 bits per heavy atom. The number of hydrogen-bond donors (Lipinski definition) is 2. The molecule has 0 aromatic carbocycles. The summed E-state index contributed by atoms with van der Waals surface area (Å²) in [6.45, 7) is 9.84. The van der Waals surface area contributed by atoms with Crippen molar-refractivity contribution in [2.45, 2.75) is 44.5 Å². The van der Waals surface area contributed by atoms with Crippen molar-refractivity contribution >= 4 is 5.97 Å². The van der Waals surface area contributed by atoms with Gasteiger partial charge >= 0.3 is 5.97 Å². The van der Waals surface area contributed by atoms with Crippen molar-refractivity contribution in [2.75, 3.05) is 0 Å². The first kappa shape index (κ1) is 12.9. The number of ether oxygens (including phenoxy) is 1. The molecule has 0 unspecified atom stereocenters. The maximum atomic E-state index is 11.6. The largest absolute Gasteiger partial charge is 0.458 e. The van der Waals surface area contributed by atoms with Crippen LogP contribution in [0.2, 0.25) is 0 Å². The fraction of sp³-hybridized carbons (Fsp3) is 0.667. The van der Waals surface area contributed by atoms with Crippen LogP contribution in [0.15, 0.2) is 24.3 Å². The van der Waals surface area contributed by atoms with Gasteiger partial charge in [0.05, 0.1) is 12.2 Å². The lowest BCUT2D eigenvalue weighted by Gasteiger charge is -2.53. The molecule has 0 amide bonds. The van der Waals surface area contributed by atoms with Gasteiger partial charge in [0.15, 0.2) is 0 Å². The van der Waals surface area contributed by atoms with E-state index in [9.17, 15) is 15.0 Å². The highest BCUT2D eigenvalue weighted by Gasteiger charge is 2.57. The zero-order valence-electron chi connectivity index (χ0n) is 11.1. The molecule has 2 N–H and O–H groups in total. The van der Waals surface area contributed by atoms with Gasteiger partial charge in [-0.1, -0.05) is 25.7 Å². The lowest BCUT2D eigenvalue weighted by Crippen LogP contribution is -2.55. The van der Waals surface area contributed by atoms with Crippen LogP contribution < -0.4 is 0 Å². The monoisotopic (exact) mass is 264 g/mol. The van der Waals surface area contributed by atoms with E-state index in [0.29, 0.717) is 18.4 Å². The lowest BCUT2D eigenvalue weighted by atomic mass is 9.54. The Hall–Kier alpha value is -1.13. The maximum Gasteiger partial charge on any atom is 0.334 e. The predicted octanol–water partition coefficient (Wildman–Crippen LogP) is 1.18. The van der Waals surface area contributed by atoms with Gasteiger partial charge in [0.2, 0.25) is 0 Å². The third-order valence-corrected chi connectivity index (χ3v) is 5.35. The van der Waals surface area contributed by atoms with Crippen LogP contribution in [0, 0.1) is 17.3 Å².